The van der Waals surface area contributed by atoms with Crippen LogP contribution in [0.2, 0.25) is 0 Å². The Morgan fingerprint density at radius 1 is 0.824 bits per heavy atom. The van der Waals surface area contributed by atoms with Gasteiger partial charge in [-0.15, -0.1) is 0 Å². The normalized spacial score (nSPS) is 35.5. The summed E-state index contributed by atoms with van der Waals surface area (Å²) in [5.41, 5.74) is 0. The highest BCUT2D eigenvalue weighted by molar-refractivity contribution is 4.97. The van der Waals surface area contributed by atoms with Crippen molar-refractivity contribution in [2.75, 3.05) is 0 Å². The second-order valence-corrected chi connectivity index (χ2v) is 7.19. The predicted octanol–water partition coefficient (Wildman–Crippen LogP) is 5.48. The second-order valence-electron chi connectivity index (χ2n) is 7.19. The summed E-state index contributed by atoms with van der Waals surface area (Å²) in [6.07, 6.45) is 1.39. The third-order valence-electron chi connectivity index (χ3n) is 6.25. The lowest BCUT2D eigenvalue weighted by atomic mass is 9.73. The SMILES string of the molecule is CCC1C(C)C1C(C)C(C)C(C)C(C)C(C)C. The molecule has 0 saturated heterocycles. The second kappa shape index (κ2) is 5.76. The van der Waals surface area contributed by atoms with Crippen molar-refractivity contribution in [1.82, 2.24) is 0 Å². The Hall–Kier alpha value is 0. The maximum absolute atomic E-state index is 2.50. The van der Waals surface area contributed by atoms with Crippen LogP contribution in [0.4, 0.5) is 0 Å². The van der Waals surface area contributed by atoms with Gasteiger partial charge in [-0.1, -0.05) is 61.8 Å². The van der Waals surface area contributed by atoms with Crippen LogP contribution in [0.25, 0.3) is 0 Å². The van der Waals surface area contributed by atoms with Crippen LogP contribution < -0.4 is 0 Å². The smallest absolute Gasteiger partial charge is 0.0326 e. The molecule has 7 unspecified atom stereocenters. The summed E-state index contributed by atoms with van der Waals surface area (Å²) in [7, 11) is 0. The summed E-state index contributed by atoms with van der Waals surface area (Å²) in [4.78, 5) is 0. The van der Waals surface area contributed by atoms with Crippen molar-refractivity contribution in [2.24, 2.45) is 47.3 Å². The van der Waals surface area contributed by atoms with Crippen LogP contribution in [-0.4, -0.2) is 0 Å². The van der Waals surface area contributed by atoms with Crippen molar-refractivity contribution >= 4 is 0 Å². The minimum atomic E-state index is 0.818. The quantitative estimate of drug-likeness (QED) is 0.575. The summed E-state index contributed by atoms with van der Waals surface area (Å²) in [6, 6.07) is 0. The lowest BCUT2D eigenvalue weighted by molar-refractivity contribution is 0.158. The molecule has 1 aliphatic carbocycles. The fourth-order valence-electron chi connectivity index (χ4n) is 4.01. The molecule has 7 atom stereocenters. The van der Waals surface area contributed by atoms with Gasteiger partial charge < -0.3 is 0 Å². The molecule has 1 rings (SSSR count). The summed E-state index contributed by atoms with van der Waals surface area (Å²) < 4.78 is 0. The van der Waals surface area contributed by atoms with Gasteiger partial charge in [0.25, 0.3) is 0 Å². The van der Waals surface area contributed by atoms with Gasteiger partial charge in [-0.25, -0.2) is 0 Å². The highest BCUT2D eigenvalue weighted by atomic mass is 14.5. The lowest BCUT2D eigenvalue weighted by Crippen LogP contribution is -2.26. The van der Waals surface area contributed by atoms with Crippen molar-refractivity contribution in [3.63, 3.8) is 0 Å². The van der Waals surface area contributed by atoms with E-state index in [0.717, 1.165) is 47.3 Å². The first-order valence-electron chi connectivity index (χ1n) is 7.82. The summed E-state index contributed by atoms with van der Waals surface area (Å²) in [6.45, 7) is 19.5. The van der Waals surface area contributed by atoms with Crippen LogP contribution >= 0.6 is 0 Å². The molecule has 0 aliphatic heterocycles. The fourth-order valence-corrected chi connectivity index (χ4v) is 4.01. The van der Waals surface area contributed by atoms with Crippen LogP contribution in [0.1, 0.15) is 61.8 Å². The Morgan fingerprint density at radius 3 is 1.71 bits per heavy atom. The largest absolute Gasteiger partial charge is 0.0651 e. The molecule has 0 bridgehead atoms. The molecule has 0 spiro atoms. The summed E-state index contributed by atoms with van der Waals surface area (Å²) in [5.74, 6) is 7.32. The number of hydrogen-bond acceptors (Lipinski definition) is 0. The molecular weight excluding hydrogens is 204 g/mol. The van der Waals surface area contributed by atoms with Crippen molar-refractivity contribution in [2.45, 2.75) is 61.8 Å². The number of hydrogen-bond donors (Lipinski definition) is 0. The Bertz CT molecular complexity index is 230. The first-order chi connectivity index (χ1) is 7.82. The van der Waals surface area contributed by atoms with Crippen molar-refractivity contribution in [3.05, 3.63) is 0 Å². The van der Waals surface area contributed by atoms with Gasteiger partial charge in [0.05, 0.1) is 0 Å². The van der Waals surface area contributed by atoms with Gasteiger partial charge >= 0.3 is 0 Å². The van der Waals surface area contributed by atoms with Crippen molar-refractivity contribution < 1.29 is 0 Å². The van der Waals surface area contributed by atoms with E-state index in [1.54, 1.807) is 0 Å². The molecule has 0 radical (unpaired) electrons. The first-order valence-corrected chi connectivity index (χ1v) is 7.82. The van der Waals surface area contributed by atoms with Gasteiger partial charge in [0.2, 0.25) is 0 Å². The molecule has 0 N–H and O–H groups in total. The highest BCUT2D eigenvalue weighted by Gasteiger charge is 2.49. The van der Waals surface area contributed by atoms with E-state index in [1.165, 1.54) is 6.42 Å². The molecule has 0 aromatic carbocycles. The molecule has 1 fully saturated rings. The Kier molecular flexibility index (Phi) is 5.10. The van der Waals surface area contributed by atoms with Crippen LogP contribution in [0, 0.1) is 47.3 Å². The summed E-state index contributed by atoms with van der Waals surface area (Å²) >= 11 is 0. The van der Waals surface area contributed by atoms with Gasteiger partial charge in [0.15, 0.2) is 0 Å². The maximum Gasteiger partial charge on any atom is -0.0326 e. The van der Waals surface area contributed by atoms with E-state index in [2.05, 4.69) is 55.4 Å². The van der Waals surface area contributed by atoms with Crippen molar-refractivity contribution in [1.29, 1.82) is 0 Å². The van der Waals surface area contributed by atoms with E-state index >= 15 is 0 Å². The summed E-state index contributed by atoms with van der Waals surface area (Å²) in [5, 5.41) is 0. The van der Waals surface area contributed by atoms with Gasteiger partial charge in [-0.3, -0.25) is 0 Å². The zero-order chi connectivity index (χ0) is 13.3. The Morgan fingerprint density at radius 2 is 1.35 bits per heavy atom. The molecule has 17 heavy (non-hydrogen) atoms. The lowest BCUT2D eigenvalue weighted by Gasteiger charge is -2.33. The van der Waals surface area contributed by atoms with E-state index in [0.29, 0.717) is 0 Å². The fraction of sp³-hybridized carbons (Fsp3) is 1.00. The van der Waals surface area contributed by atoms with Crippen LogP contribution in [0.5, 0.6) is 0 Å². The molecule has 0 heteroatoms. The zero-order valence-electron chi connectivity index (χ0n) is 13.3. The third kappa shape index (κ3) is 3.06. The minimum Gasteiger partial charge on any atom is -0.0651 e. The Labute approximate surface area is 110 Å². The topological polar surface area (TPSA) is 0 Å². The highest BCUT2D eigenvalue weighted by Crippen LogP contribution is 2.55. The van der Waals surface area contributed by atoms with Gasteiger partial charge in [-0.2, -0.15) is 0 Å². The average molecular weight is 238 g/mol. The maximum atomic E-state index is 2.50. The molecule has 0 amide bonds. The van der Waals surface area contributed by atoms with Gasteiger partial charge in [0, 0.05) is 0 Å². The van der Waals surface area contributed by atoms with Crippen LogP contribution in [0.3, 0.4) is 0 Å². The van der Waals surface area contributed by atoms with E-state index in [1.807, 2.05) is 0 Å². The molecule has 0 aromatic rings. The zero-order valence-corrected chi connectivity index (χ0v) is 13.3. The van der Waals surface area contributed by atoms with Crippen LogP contribution in [-0.2, 0) is 0 Å². The molecule has 1 aliphatic rings. The van der Waals surface area contributed by atoms with E-state index in [4.69, 9.17) is 0 Å². The predicted molar refractivity (Wildman–Crippen MR) is 77.9 cm³/mol. The molecule has 102 valence electrons. The van der Waals surface area contributed by atoms with E-state index in [-0.39, 0.29) is 0 Å². The average Bonchev–Trinajstić information content (AvgIpc) is 2.95. The first kappa shape index (κ1) is 15.1. The number of rotatable bonds is 6. The molecule has 0 aromatic heterocycles. The minimum absolute atomic E-state index is 0.818. The van der Waals surface area contributed by atoms with Gasteiger partial charge in [0.1, 0.15) is 0 Å². The molecular formula is C17H34. The van der Waals surface area contributed by atoms with E-state index in [9.17, 15) is 0 Å². The molecule has 1 saturated carbocycles. The van der Waals surface area contributed by atoms with Crippen LogP contribution in [0.15, 0.2) is 0 Å². The standard InChI is InChI=1S/C17H34/c1-9-16-15(8)17(16)14(7)13(6)12(5)11(4)10(2)3/h10-17H,9H2,1-8H3. The van der Waals surface area contributed by atoms with Crippen molar-refractivity contribution in [3.8, 4) is 0 Å². The Balaban J connectivity index is 2.55. The van der Waals surface area contributed by atoms with Gasteiger partial charge in [-0.05, 0) is 47.3 Å². The molecule has 0 nitrogen and oxygen atoms in total. The van der Waals surface area contributed by atoms with E-state index < -0.39 is 0 Å². The molecule has 0 heterocycles. The third-order valence-corrected chi connectivity index (χ3v) is 6.25. The monoisotopic (exact) mass is 238 g/mol.